The van der Waals surface area contributed by atoms with Gasteiger partial charge in [0.25, 0.3) is 5.91 Å². The van der Waals surface area contributed by atoms with E-state index < -0.39 is 77.0 Å². The first kappa shape index (κ1) is 31.4. The molecule has 0 saturated carbocycles. The van der Waals surface area contributed by atoms with E-state index in [0.29, 0.717) is 23.9 Å². The number of nitrogens with one attached hydrogen (secondary N) is 4. The predicted octanol–water partition coefficient (Wildman–Crippen LogP) is 3.67. The molecule has 0 spiro atoms. The van der Waals surface area contributed by atoms with E-state index >= 15 is 0 Å². The molecule has 3 atom stereocenters. The Morgan fingerprint density at radius 1 is 0.977 bits per heavy atom. The average Bonchev–Trinajstić information content (AvgIpc) is 3.56. The zero-order chi connectivity index (χ0) is 31.4. The van der Waals surface area contributed by atoms with E-state index in [-0.39, 0.29) is 36.4 Å². The molecule has 1 aliphatic rings. The number of aromatic nitrogens is 1. The van der Waals surface area contributed by atoms with Gasteiger partial charge in [0.15, 0.2) is 23.2 Å². The van der Waals surface area contributed by atoms with Gasteiger partial charge in [-0.1, -0.05) is 13.8 Å². The van der Waals surface area contributed by atoms with Crippen LogP contribution in [0.3, 0.4) is 0 Å². The van der Waals surface area contributed by atoms with Gasteiger partial charge >= 0.3 is 0 Å². The largest absolute Gasteiger partial charge is 0.479 e. The smallest absolute Gasteiger partial charge is 0.268 e. The number of carbonyl (C=O) groups excluding carboxylic acids is 4. The highest BCUT2D eigenvalue weighted by atomic mass is 19.2. The number of fused-ring (bicyclic) bond motifs is 1. The highest BCUT2D eigenvalue weighted by Crippen LogP contribution is 2.27. The Bertz CT molecular complexity index is 1530. The number of aromatic amines is 1. The van der Waals surface area contributed by atoms with Gasteiger partial charge in [-0.2, -0.15) is 8.78 Å². The van der Waals surface area contributed by atoms with E-state index in [0.717, 1.165) is 0 Å². The molecule has 9 nitrogen and oxygen atoms in total. The highest BCUT2D eigenvalue weighted by Gasteiger charge is 2.34. The monoisotopic (exact) mass is 608 g/mol. The number of hydrogen-bond donors (Lipinski definition) is 4. The number of halogens is 5. The first-order valence-corrected chi connectivity index (χ1v) is 13.5. The van der Waals surface area contributed by atoms with Crippen LogP contribution < -0.4 is 20.7 Å². The number of ether oxygens (including phenoxy) is 1. The van der Waals surface area contributed by atoms with Crippen molar-refractivity contribution in [3.8, 4) is 5.75 Å². The molecule has 3 aromatic rings. The maximum atomic E-state index is 14.1. The van der Waals surface area contributed by atoms with Crippen molar-refractivity contribution in [3.05, 3.63) is 65.1 Å². The Balaban J connectivity index is 1.52. The Kier molecular flexibility index (Phi) is 9.66. The van der Waals surface area contributed by atoms with Crippen LogP contribution >= 0.6 is 0 Å². The van der Waals surface area contributed by atoms with E-state index in [1.807, 2.05) is 0 Å². The fraction of sp³-hybridized carbons (Fsp3) is 0.379. The van der Waals surface area contributed by atoms with Crippen LogP contribution in [0.5, 0.6) is 5.75 Å². The molecule has 0 bridgehead atoms. The highest BCUT2D eigenvalue weighted by molar-refractivity contribution is 6.01. The van der Waals surface area contributed by atoms with Crippen molar-refractivity contribution in [2.75, 3.05) is 13.2 Å². The van der Waals surface area contributed by atoms with Crippen LogP contribution in [0.25, 0.3) is 10.9 Å². The van der Waals surface area contributed by atoms with Gasteiger partial charge in [0.05, 0.1) is 6.04 Å². The lowest BCUT2D eigenvalue weighted by Gasteiger charge is -2.25. The number of rotatable bonds is 12. The Hall–Kier alpha value is -4.49. The van der Waals surface area contributed by atoms with E-state index in [4.69, 9.17) is 4.74 Å². The molecule has 1 aromatic heterocycles. The van der Waals surface area contributed by atoms with Crippen molar-refractivity contribution in [1.29, 1.82) is 0 Å². The summed E-state index contributed by atoms with van der Waals surface area (Å²) in [6.45, 7) is 2.81. The minimum absolute atomic E-state index is 0.0155. The number of amides is 3. The summed E-state index contributed by atoms with van der Waals surface area (Å²) in [4.78, 5) is 54.6. The van der Waals surface area contributed by atoms with Gasteiger partial charge in [-0.15, -0.1) is 0 Å². The second-order valence-corrected chi connectivity index (χ2v) is 10.7. The molecule has 0 radical (unpaired) electrons. The van der Waals surface area contributed by atoms with Crippen LogP contribution in [0.2, 0.25) is 0 Å². The van der Waals surface area contributed by atoms with Crippen LogP contribution in [0.4, 0.5) is 22.0 Å². The molecule has 1 saturated heterocycles. The van der Waals surface area contributed by atoms with E-state index in [9.17, 15) is 41.1 Å². The molecule has 1 aliphatic heterocycles. The topological polar surface area (TPSA) is 129 Å². The van der Waals surface area contributed by atoms with Crippen LogP contribution in [-0.2, 0) is 14.4 Å². The van der Waals surface area contributed by atoms with E-state index in [1.54, 1.807) is 13.8 Å². The van der Waals surface area contributed by atoms with Crippen molar-refractivity contribution >= 4 is 34.4 Å². The van der Waals surface area contributed by atoms with Gasteiger partial charge in [-0.05, 0) is 49.4 Å². The number of H-pyrrole nitrogens is 1. The summed E-state index contributed by atoms with van der Waals surface area (Å²) in [5, 5.41) is 8.11. The molecule has 3 amide bonds. The molecular weight excluding hydrogens is 579 g/mol. The number of Topliss-reactive ketones (excluding diaryl/α,β-unsaturated/α-hetero) is 1. The standard InChI is InChI=1S/C29H29F5N4O5/c1-13(2)7-21(38-29(42)22-10-15-8-16(30)3-4-19(15)36-22)28(41)37-20(9-14-5-6-35-27(14)40)23(39)12-43-26-24(33)17(31)11-18(32)25(26)34/h3-4,8,10-11,13-14,20-21,36H,5-7,9,12H2,1-2H3,(H,35,40)(H,37,41)(H,38,42). The lowest BCUT2D eigenvalue weighted by atomic mass is 9.95. The minimum atomic E-state index is -1.85. The molecule has 1 fully saturated rings. The maximum Gasteiger partial charge on any atom is 0.268 e. The van der Waals surface area contributed by atoms with Gasteiger partial charge < -0.3 is 25.7 Å². The van der Waals surface area contributed by atoms with Gasteiger partial charge in [0.2, 0.25) is 23.4 Å². The van der Waals surface area contributed by atoms with E-state index in [2.05, 4.69) is 20.9 Å². The number of benzene rings is 2. The van der Waals surface area contributed by atoms with Gasteiger partial charge in [-0.3, -0.25) is 19.2 Å². The first-order valence-electron chi connectivity index (χ1n) is 13.5. The summed E-state index contributed by atoms with van der Waals surface area (Å²) < 4.78 is 73.7. The summed E-state index contributed by atoms with van der Waals surface area (Å²) in [6, 6.07) is 2.70. The first-order chi connectivity index (χ1) is 20.3. The molecule has 230 valence electrons. The quantitative estimate of drug-likeness (QED) is 0.184. The lowest BCUT2D eigenvalue weighted by molar-refractivity contribution is -0.131. The lowest BCUT2D eigenvalue weighted by Crippen LogP contribution is -2.53. The number of hydrogen-bond acceptors (Lipinski definition) is 5. The van der Waals surface area contributed by atoms with Crippen molar-refractivity contribution in [2.24, 2.45) is 11.8 Å². The number of ketones is 1. The fourth-order valence-corrected chi connectivity index (χ4v) is 4.78. The van der Waals surface area contributed by atoms with Crippen molar-refractivity contribution in [1.82, 2.24) is 20.9 Å². The van der Waals surface area contributed by atoms with Crippen LogP contribution in [0.15, 0.2) is 30.3 Å². The Morgan fingerprint density at radius 2 is 1.67 bits per heavy atom. The van der Waals surface area contributed by atoms with Gasteiger partial charge in [-0.25, -0.2) is 13.2 Å². The molecule has 0 aliphatic carbocycles. The maximum absolute atomic E-state index is 14.1. The summed E-state index contributed by atoms with van der Waals surface area (Å²) in [5.41, 5.74) is 0.542. The molecule has 3 unspecified atom stereocenters. The van der Waals surface area contributed by atoms with Gasteiger partial charge in [0.1, 0.15) is 24.2 Å². The fourth-order valence-electron chi connectivity index (χ4n) is 4.78. The van der Waals surface area contributed by atoms with Crippen LogP contribution in [0, 0.1) is 40.9 Å². The average molecular weight is 609 g/mol. The summed E-state index contributed by atoms with van der Waals surface area (Å²) in [7, 11) is 0. The second-order valence-electron chi connectivity index (χ2n) is 10.7. The zero-order valence-corrected chi connectivity index (χ0v) is 23.2. The van der Waals surface area contributed by atoms with E-state index in [1.165, 1.54) is 24.3 Å². The van der Waals surface area contributed by atoms with Gasteiger partial charge in [0, 0.05) is 29.4 Å². The van der Waals surface area contributed by atoms with Crippen LogP contribution in [0.1, 0.15) is 43.6 Å². The van der Waals surface area contributed by atoms with Crippen molar-refractivity contribution in [2.45, 2.75) is 45.2 Å². The normalized spacial score (nSPS) is 16.2. The van der Waals surface area contributed by atoms with Crippen molar-refractivity contribution in [3.63, 3.8) is 0 Å². The molecule has 4 N–H and O–H groups in total. The molecule has 14 heteroatoms. The molecule has 2 aromatic carbocycles. The summed E-state index contributed by atoms with van der Waals surface area (Å²) in [5.74, 6) is -12.7. The molecule has 2 heterocycles. The Morgan fingerprint density at radius 3 is 2.30 bits per heavy atom. The third-order valence-corrected chi connectivity index (χ3v) is 6.97. The summed E-state index contributed by atoms with van der Waals surface area (Å²) >= 11 is 0. The second kappa shape index (κ2) is 13.2. The summed E-state index contributed by atoms with van der Waals surface area (Å²) in [6.07, 6.45) is 0.260. The zero-order valence-electron chi connectivity index (χ0n) is 23.2. The Labute approximate surface area is 242 Å². The SMILES string of the molecule is CC(C)CC(NC(=O)c1cc2cc(F)ccc2[nH]1)C(=O)NC(CC1CCNC1=O)C(=O)COc1c(F)c(F)cc(F)c1F. The number of carbonyl (C=O) groups is 4. The third kappa shape index (κ3) is 7.48. The molecule has 43 heavy (non-hydrogen) atoms. The van der Waals surface area contributed by atoms with Crippen LogP contribution in [-0.4, -0.2) is 53.7 Å². The minimum Gasteiger partial charge on any atom is -0.479 e. The predicted molar refractivity (Wildman–Crippen MR) is 143 cm³/mol. The third-order valence-electron chi connectivity index (χ3n) is 6.97. The molecular formula is C29H29F5N4O5. The van der Waals surface area contributed by atoms with Crippen molar-refractivity contribution < 1.29 is 45.9 Å². The molecule has 4 rings (SSSR count).